The predicted octanol–water partition coefficient (Wildman–Crippen LogP) is 5.66. The summed E-state index contributed by atoms with van der Waals surface area (Å²) in [4.78, 5) is 23.4. The minimum atomic E-state index is -0.459. The minimum absolute atomic E-state index is 0.348. The molecule has 1 unspecified atom stereocenters. The van der Waals surface area contributed by atoms with E-state index in [0.29, 0.717) is 18.1 Å². The van der Waals surface area contributed by atoms with Crippen LogP contribution in [-0.2, 0) is 11.2 Å². The van der Waals surface area contributed by atoms with Crippen molar-refractivity contribution in [1.82, 2.24) is 5.32 Å². The highest BCUT2D eigenvalue weighted by atomic mass is 32.2. The molecular weight excluding hydrogens is 450 g/mol. The smallest absolute Gasteiger partial charge is 0.290 e. The number of carbonyl (C=O) groups is 2. The van der Waals surface area contributed by atoms with E-state index in [2.05, 4.69) is 39.6 Å². The van der Waals surface area contributed by atoms with Crippen LogP contribution in [0.1, 0.15) is 41.2 Å². The second-order valence-electron chi connectivity index (χ2n) is 8.87. The van der Waals surface area contributed by atoms with E-state index >= 15 is 0 Å². The zero-order valence-electron chi connectivity index (χ0n) is 19.9. The molecule has 1 atom stereocenters. The lowest BCUT2D eigenvalue weighted by Crippen LogP contribution is -2.42. The van der Waals surface area contributed by atoms with Gasteiger partial charge < -0.3 is 14.2 Å². The largest absolute Gasteiger partial charge is 0.489 e. The van der Waals surface area contributed by atoms with E-state index in [1.165, 1.54) is 5.56 Å². The summed E-state index contributed by atoms with van der Waals surface area (Å²) in [5.41, 5.74) is 4.87. The Morgan fingerprint density at radius 3 is 2.50 bits per heavy atom. The summed E-state index contributed by atoms with van der Waals surface area (Å²) >= 11 is 0.905. The van der Waals surface area contributed by atoms with E-state index < -0.39 is 5.60 Å². The Bertz CT molecular complexity index is 1180. The summed E-state index contributed by atoms with van der Waals surface area (Å²) in [5.74, 6) is 2.21. The first-order valence-corrected chi connectivity index (χ1v) is 12.1. The number of thioether (sulfide) groups is 1. The topological polar surface area (TPSA) is 73.9 Å². The van der Waals surface area contributed by atoms with Gasteiger partial charge in [0.05, 0.1) is 4.91 Å². The molecule has 0 aromatic heterocycles. The molecule has 1 fully saturated rings. The van der Waals surface area contributed by atoms with E-state index in [1.807, 2.05) is 24.3 Å². The first-order chi connectivity index (χ1) is 16.2. The zero-order valence-corrected chi connectivity index (χ0v) is 20.8. The van der Waals surface area contributed by atoms with Crippen molar-refractivity contribution >= 4 is 29.0 Å². The fraction of sp³-hybridized carbons (Fsp3) is 0.333. The van der Waals surface area contributed by atoms with E-state index in [0.717, 1.165) is 64.1 Å². The second kappa shape index (κ2) is 9.58. The molecule has 178 valence electrons. The maximum absolute atomic E-state index is 11.7. The third-order valence-corrected chi connectivity index (χ3v) is 7.08. The van der Waals surface area contributed by atoms with Crippen molar-refractivity contribution < 1.29 is 23.8 Å². The fourth-order valence-corrected chi connectivity index (χ4v) is 4.89. The van der Waals surface area contributed by atoms with Gasteiger partial charge in [0.1, 0.15) is 36.1 Å². The van der Waals surface area contributed by atoms with Gasteiger partial charge in [-0.25, -0.2) is 0 Å². The maximum Gasteiger partial charge on any atom is 0.290 e. The molecule has 2 aliphatic rings. The third-order valence-electron chi connectivity index (χ3n) is 6.27. The number of hydrogen-bond acceptors (Lipinski definition) is 6. The number of imide groups is 1. The van der Waals surface area contributed by atoms with Crippen LogP contribution in [-0.4, -0.2) is 30.0 Å². The lowest BCUT2D eigenvalue weighted by atomic mass is 9.87. The van der Waals surface area contributed by atoms with Gasteiger partial charge >= 0.3 is 0 Å². The second-order valence-corrected chi connectivity index (χ2v) is 9.89. The van der Waals surface area contributed by atoms with Crippen molar-refractivity contribution in [2.45, 2.75) is 46.1 Å². The average molecular weight is 480 g/mol. The van der Waals surface area contributed by atoms with Crippen LogP contribution in [0.15, 0.2) is 41.8 Å². The first-order valence-electron chi connectivity index (χ1n) is 11.2. The summed E-state index contributed by atoms with van der Waals surface area (Å²) in [7, 11) is 0. The highest BCUT2D eigenvalue weighted by Gasteiger charge is 2.35. The van der Waals surface area contributed by atoms with Crippen LogP contribution in [0.2, 0.25) is 0 Å². The Hall–Kier alpha value is -3.19. The van der Waals surface area contributed by atoms with E-state index in [-0.39, 0.29) is 11.1 Å². The van der Waals surface area contributed by atoms with Gasteiger partial charge in [-0.3, -0.25) is 14.9 Å². The lowest BCUT2D eigenvalue weighted by molar-refractivity contribution is -0.115. The van der Waals surface area contributed by atoms with Crippen LogP contribution >= 0.6 is 11.8 Å². The molecule has 4 rings (SSSR count). The molecule has 2 amide bonds. The predicted molar refractivity (Wildman–Crippen MR) is 135 cm³/mol. The Morgan fingerprint density at radius 2 is 1.85 bits per heavy atom. The Morgan fingerprint density at radius 1 is 1.12 bits per heavy atom. The quantitative estimate of drug-likeness (QED) is 0.408. The Labute approximate surface area is 204 Å². The molecule has 0 spiro atoms. The van der Waals surface area contributed by atoms with Gasteiger partial charge in [-0.1, -0.05) is 24.8 Å². The molecule has 1 N–H and O–H groups in total. The molecular formula is C27H29NO5S. The number of benzene rings is 2. The number of carbonyl (C=O) groups excluding carboxylic acids is 2. The van der Waals surface area contributed by atoms with Gasteiger partial charge in [0.15, 0.2) is 0 Å². The van der Waals surface area contributed by atoms with Crippen molar-refractivity contribution in [2.24, 2.45) is 0 Å². The van der Waals surface area contributed by atoms with Crippen LogP contribution < -0.4 is 19.5 Å². The van der Waals surface area contributed by atoms with Crippen LogP contribution in [0.4, 0.5) is 4.79 Å². The van der Waals surface area contributed by atoms with Crippen molar-refractivity contribution in [2.75, 3.05) is 13.2 Å². The highest BCUT2D eigenvalue weighted by Crippen LogP contribution is 2.44. The normalized spacial score (nSPS) is 20.5. The van der Waals surface area contributed by atoms with Crippen molar-refractivity contribution in [3.05, 3.63) is 69.6 Å². The number of rotatable bonds is 7. The number of nitrogens with one attached hydrogen (secondary N) is 1. The monoisotopic (exact) mass is 479 g/mol. The Kier molecular flexibility index (Phi) is 6.75. The SMILES string of the molecule is C=CCOc1c(C)c(C)c2c(c1C)CCC(C)(COc1ccc(/C=C3\SC(=O)NC3=O)cc1)O2. The lowest BCUT2D eigenvalue weighted by Gasteiger charge is -2.38. The summed E-state index contributed by atoms with van der Waals surface area (Å²) in [5, 5.41) is 1.91. The summed E-state index contributed by atoms with van der Waals surface area (Å²) < 4.78 is 18.6. The third kappa shape index (κ3) is 4.85. The molecule has 6 nitrogen and oxygen atoms in total. The molecule has 2 aromatic rings. The molecule has 0 radical (unpaired) electrons. The highest BCUT2D eigenvalue weighted by molar-refractivity contribution is 8.18. The van der Waals surface area contributed by atoms with Crippen LogP contribution in [0.25, 0.3) is 6.08 Å². The molecule has 1 saturated heterocycles. The van der Waals surface area contributed by atoms with Gasteiger partial charge in [-0.05, 0) is 92.8 Å². The minimum Gasteiger partial charge on any atom is -0.489 e. The fourth-order valence-electron chi connectivity index (χ4n) is 4.21. The molecule has 2 aliphatic heterocycles. The molecule has 0 aliphatic carbocycles. The Balaban J connectivity index is 1.45. The summed E-state index contributed by atoms with van der Waals surface area (Å²) in [6.07, 6.45) is 5.16. The summed E-state index contributed by atoms with van der Waals surface area (Å²) in [6, 6.07) is 7.43. The van der Waals surface area contributed by atoms with Gasteiger partial charge in [0, 0.05) is 5.56 Å². The number of hydrogen-bond donors (Lipinski definition) is 1. The standard InChI is InChI=1S/C27H29NO5S/c1-6-13-31-23-16(2)17(3)24-21(18(23)4)11-12-27(5,33-24)15-32-20-9-7-19(8-10-20)14-22-25(29)28-26(30)34-22/h6-10,14H,1,11-13,15H2,2-5H3,(H,28,29,30)/b22-14-. The number of amides is 2. The van der Waals surface area contributed by atoms with Crippen LogP contribution in [0, 0.1) is 20.8 Å². The van der Waals surface area contributed by atoms with Gasteiger partial charge in [0.2, 0.25) is 0 Å². The van der Waals surface area contributed by atoms with Crippen molar-refractivity contribution in [3.63, 3.8) is 0 Å². The molecule has 2 aromatic carbocycles. The maximum atomic E-state index is 11.7. The molecule has 2 heterocycles. The van der Waals surface area contributed by atoms with E-state index in [1.54, 1.807) is 12.2 Å². The first kappa shape index (κ1) is 24.0. The average Bonchev–Trinajstić information content (AvgIpc) is 3.13. The van der Waals surface area contributed by atoms with Gasteiger partial charge in [-0.15, -0.1) is 0 Å². The van der Waals surface area contributed by atoms with Crippen molar-refractivity contribution in [3.8, 4) is 17.2 Å². The number of fused-ring (bicyclic) bond motifs is 1. The zero-order chi connectivity index (χ0) is 24.5. The van der Waals surface area contributed by atoms with Crippen LogP contribution in [0.5, 0.6) is 17.2 Å². The number of ether oxygens (including phenoxy) is 3. The molecule has 34 heavy (non-hydrogen) atoms. The molecule has 0 saturated carbocycles. The van der Waals surface area contributed by atoms with E-state index in [4.69, 9.17) is 14.2 Å². The van der Waals surface area contributed by atoms with Gasteiger partial charge in [0.25, 0.3) is 11.1 Å². The van der Waals surface area contributed by atoms with Crippen molar-refractivity contribution in [1.29, 1.82) is 0 Å². The van der Waals surface area contributed by atoms with Gasteiger partial charge in [-0.2, -0.15) is 0 Å². The van der Waals surface area contributed by atoms with E-state index in [9.17, 15) is 9.59 Å². The summed E-state index contributed by atoms with van der Waals surface area (Å²) in [6.45, 7) is 12.9. The van der Waals surface area contributed by atoms with Crippen LogP contribution in [0.3, 0.4) is 0 Å². The molecule has 0 bridgehead atoms. The molecule has 7 heteroatoms.